The third kappa shape index (κ3) is 152. The zero-order valence-electron chi connectivity index (χ0n) is 5.30. The summed E-state index contributed by atoms with van der Waals surface area (Å²) in [6.07, 6.45) is 0. The maximum Gasteiger partial charge on any atom is 0.317 e. The normalized spacial score (nSPS) is 6.20. The predicted molar refractivity (Wildman–Crippen MR) is 30.0 cm³/mol. The van der Waals surface area contributed by atoms with Gasteiger partial charge in [-0.05, 0) is 0 Å². The smallest absolute Gasteiger partial charge is 0.317 e. The molecule has 0 bridgehead atoms. The van der Waals surface area contributed by atoms with Gasteiger partial charge in [0, 0.05) is 24.0 Å². The molecule has 0 saturated heterocycles. The maximum absolute atomic E-state index is 9.24. The van der Waals surface area contributed by atoms with Crippen molar-refractivity contribution in [1.29, 1.82) is 0 Å². The number of nitrogens with two attached hydrogens (primary N) is 1. The molecule has 0 aromatic carbocycles. The summed E-state index contributed by atoms with van der Waals surface area (Å²) >= 11 is 0. The van der Waals surface area contributed by atoms with E-state index < -0.39 is 11.9 Å². The Morgan fingerprint density at radius 3 is 1.50 bits per heavy atom. The molecule has 0 aromatic rings. The van der Waals surface area contributed by atoms with E-state index in [2.05, 4.69) is 5.73 Å². The number of carboxylic acid groups (broad SMARTS) is 2. The molecule has 0 rings (SSSR count). The first-order valence-corrected chi connectivity index (χ1v) is 2.12. The van der Waals surface area contributed by atoms with Crippen molar-refractivity contribution in [3.05, 3.63) is 0 Å². The van der Waals surface area contributed by atoms with E-state index in [0.29, 0.717) is 0 Å². The van der Waals surface area contributed by atoms with Crippen LogP contribution in [0, 0.1) is 0 Å². The molecule has 4 N–H and O–H groups in total. The first kappa shape index (κ1) is 16.2. The second-order valence-electron chi connectivity index (χ2n) is 1.12. The summed E-state index contributed by atoms with van der Waals surface area (Å²) in [7, 11) is 0. The molecule has 5 nitrogen and oxygen atoms in total. The number of rotatable bonds is 1. The van der Waals surface area contributed by atoms with Crippen LogP contribution in [0.5, 0.6) is 0 Å². The van der Waals surface area contributed by atoms with Crippen LogP contribution in [-0.4, -0.2) is 28.7 Å². The molecule has 0 aromatic heterocycles. The van der Waals surface area contributed by atoms with Gasteiger partial charge in [0.1, 0.15) is 0 Å². The van der Waals surface area contributed by atoms with E-state index >= 15 is 0 Å². The van der Waals surface area contributed by atoms with Gasteiger partial charge in [0.2, 0.25) is 0 Å². The summed E-state index contributed by atoms with van der Waals surface area (Å²) in [4.78, 5) is 18.2. The van der Waals surface area contributed by atoms with E-state index in [4.69, 9.17) is 15.0 Å². The van der Waals surface area contributed by atoms with Gasteiger partial charge in [0.15, 0.2) is 0 Å². The van der Waals surface area contributed by atoms with Crippen molar-refractivity contribution in [1.82, 2.24) is 0 Å². The van der Waals surface area contributed by atoms with Crippen molar-refractivity contribution in [2.45, 2.75) is 6.92 Å². The average molecular weight is 199 g/mol. The van der Waals surface area contributed by atoms with Crippen LogP contribution in [0.4, 0.5) is 0 Å². The number of hydrogen-bond acceptors (Lipinski definition) is 3. The monoisotopic (exact) mass is 198 g/mol. The van der Waals surface area contributed by atoms with Gasteiger partial charge in [-0.1, -0.05) is 0 Å². The predicted octanol–water partition coefficient (Wildman–Crippen LogP) is -0.882. The third-order valence-corrected chi connectivity index (χ3v) is 0.175. The van der Waals surface area contributed by atoms with E-state index in [1.807, 2.05) is 0 Å². The molecule has 10 heavy (non-hydrogen) atoms. The Labute approximate surface area is 68.7 Å². The van der Waals surface area contributed by atoms with Crippen LogP contribution >= 0.6 is 0 Å². The molecular formula is C4H9CuNO4. The van der Waals surface area contributed by atoms with E-state index in [0.717, 1.165) is 6.92 Å². The second kappa shape index (κ2) is 11.2. The summed E-state index contributed by atoms with van der Waals surface area (Å²) in [6, 6.07) is 0. The third-order valence-electron chi connectivity index (χ3n) is 0.175. The first-order valence-electron chi connectivity index (χ1n) is 2.12. The number of carbonyl (C=O) groups is 2. The minimum atomic E-state index is -0.968. The van der Waals surface area contributed by atoms with Crippen molar-refractivity contribution < 1.29 is 36.9 Å². The summed E-state index contributed by atoms with van der Waals surface area (Å²) < 4.78 is 0. The summed E-state index contributed by atoms with van der Waals surface area (Å²) in [5.74, 6) is -1.80. The molecule has 65 valence electrons. The molecule has 0 aliphatic rings. The molecule has 0 aliphatic heterocycles. The molecule has 6 heteroatoms. The molecule has 0 spiro atoms. The van der Waals surface area contributed by atoms with Crippen molar-refractivity contribution in [2.24, 2.45) is 5.73 Å². The molecule has 0 fully saturated rings. The Bertz CT molecular complexity index is 101. The fraction of sp³-hybridized carbons (Fsp3) is 0.500. The number of carboxylic acids is 2. The Morgan fingerprint density at radius 1 is 1.40 bits per heavy atom. The summed E-state index contributed by atoms with van der Waals surface area (Å²) in [5, 5.41) is 15.0. The van der Waals surface area contributed by atoms with Crippen molar-refractivity contribution in [3.8, 4) is 0 Å². The molecule has 0 saturated carbocycles. The number of hydrogen-bond donors (Lipinski definition) is 3. The largest absolute Gasteiger partial charge is 0.481 e. The summed E-state index contributed by atoms with van der Waals surface area (Å²) in [6.45, 7) is 0.806. The SMILES string of the molecule is CC(=O)O.NCC(=O)O.[Cu]. The molecule has 0 amide bonds. The zero-order chi connectivity index (χ0) is 7.86. The molecular weight excluding hydrogens is 190 g/mol. The van der Waals surface area contributed by atoms with E-state index in [9.17, 15) is 4.79 Å². The quantitative estimate of drug-likeness (QED) is 0.475. The fourth-order valence-electron chi connectivity index (χ4n) is 0. The first-order chi connectivity index (χ1) is 4.00. The van der Waals surface area contributed by atoms with E-state index in [1.165, 1.54) is 0 Å². The van der Waals surface area contributed by atoms with Crippen molar-refractivity contribution in [2.75, 3.05) is 6.54 Å². The van der Waals surface area contributed by atoms with E-state index in [1.54, 1.807) is 0 Å². The minimum absolute atomic E-state index is 0. The van der Waals surface area contributed by atoms with Crippen LogP contribution in [-0.2, 0) is 26.7 Å². The standard InChI is InChI=1S/C2H5NO2.C2H4O2.Cu/c3-1-2(4)5;1-2(3)4;/h1,3H2,(H,4,5);1H3,(H,3,4);. The minimum Gasteiger partial charge on any atom is -0.481 e. The molecule has 0 atom stereocenters. The van der Waals surface area contributed by atoms with Gasteiger partial charge >= 0.3 is 5.97 Å². The summed E-state index contributed by atoms with van der Waals surface area (Å²) in [5.41, 5.74) is 4.57. The van der Waals surface area contributed by atoms with Crippen LogP contribution < -0.4 is 5.73 Å². The van der Waals surface area contributed by atoms with Gasteiger partial charge < -0.3 is 15.9 Å². The topological polar surface area (TPSA) is 101 Å². The van der Waals surface area contributed by atoms with E-state index in [-0.39, 0.29) is 23.6 Å². The van der Waals surface area contributed by atoms with Crippen molar-refractivity contribution >= 4 is 11.9 Å². The Kier molecular flexibility index (Phi) is 18.2. The van der Waals surface area contributed by atoms with Crippen LogP contribution in [0.15, 0.2) is 0 Å². The van der Waals surface area contributed by atoms with Crippen LogP contribution in [0.2, 0.25) is 0 Å². The average Bonchev–Trinajstić information content (AvgIpc) is 1.65. The van der Waals surface area contributed by atoms with Gasteiger partial charge in [0.05, 0.1) is 6.54 Å². The van der Waals surface area contributed by atoms with Crippen LogP contribution in [0.25, 0.3) is 0 Å². The van der Waals surface area contributed by atoms with Crippen molar-refractivity contribution in [3.63, 3.8) is 0 Å². The number of aliphatic carboxylic acids is 2. The van der Waals surface area contributed by atoms with Gasteiger partial charge in [-0.3, -0.25) is 9.59 Å². The Balaban J connectivity index is -0.0000000910. The van der Waals surface area contributed by atoms with Crippen LogP contribution in [0.1, 0.15) is 6.92 Å². The van der Waals surface area contributed by atoms with Gasteiger partial charge in [-0.15, -0.1) is 0 Å². The van der Waals surface area contributed by atoms with Gasteiger partial charge in [-0.2, -0.15) is 0 Å². The van der Waals surface area contributed by atoms with Crippen LogP contribution in [0.3, 0.4) is 0 Å². The fourth-order valence-corrected chi connectivity index (χ4v) is 0. The Hall–Kier alpha value is -0.581. The molecule has 0 heterocycles. The molecule has 0 aliphatic carbocycles. The Morgan fingerprint density at radius 2 is 1.50 bits per heavy atom. The second-order valence-corrected chi connectivity index (χ2v) is 1.12. The molecule has 0 unspecified atom stereocenters. The van der Waals surface area contributed by atoms with Gasteiger partial charge in [-0.25, -0.2) is 0 Å². The zero-order valence-corrected chi connectivity index (χ0v) is 6.24. The van der Waals surface area contributed by atoms with Gasteiger partial charge in [0.25, 0.3) is 5.97 Å². The maximum atomic E-state index is 9.24. The molecule has 1 radical (unpaired) electrons.